The van der Waals surface area contributed by atoms with Crippen LogP contribution in [0.3, 0.4) is 0 Å². The number of hydrogen-bond donors (Lipinski definition) is 2. The van der Waals surface area contributed by atoms with Crippen molar-refractivity contribution in [2.75, 3.05) is 11.9 Å². The van der Waals surface area contributed by atoms with E-state index < -0.39 is 0 Å². The van der Waals surface area contributed by atoms with Crippen LogP contribution in [-0.2, 0) is 0 Å². The van der Waals surface area contributed by atoms with Gasteiger partial charge in [-0.25, -0.2) is 9.97 Å². The van der Waals surface area contributed by atoms with Crippen LogP contribution in [0.2, 0.25) is 0 Å². The van der Waals surface area contributed by atoms with Crippen LogP contribution in [0.15, 0.2) is 24.5 Å². The molecule has 0 spiro atoms. The molecule has 1 aromatic carbocycles. The van der Waals surface area contributed by atoms with E-state index in [1.165, 1.54) is 17.7 Å². The number of ether oxygens (including phenoxy) is 1. The Balaban J connectivity index is 1.79. The van der Waals surface area contributed by atoms with Gasteiger partial charge in [-0.05, 0) is 44.5 Å². The lowest BCUT2D eigenvalue weighted by molar-refractivity contribution is 0.103. The number of aromatic amines is 1. The number of nitrogens with one attached hydrogen (secondary N) is 2. The zero-order chi connectivity index (χ0) is 17.1. The van der Waals surface area contributed by atoms with Gasteiger partial charge in [-0.15, -0.1) is 11.3 Å². The van der Waals surface area contributed by atoms with Crippen LogP contribution in [0.1, 0.15) is 27.9 Å². The third kappa shape index (κ3) is 3.28. The lowest BCUT2D eigenvalue weighted by Gasteiger charge is -2.09. The normalized spacial score (nSPS) is 10.6. The number of H-pyrrole nitrogens is 1. The summed E-state index contributed by atoms with van der Waals surface area (Å²) < 4.78 is 5.51. The zero-order valence-electron chi connectivity index (χ0n) is 13.6. The first-order valence-electron chi connectivity index (χ1n) is 7.46. The predicted octanol–water partition coefficient (Wildman–Crippen LogP) is 3.20. The SMILES string of the molecule is CCOc1ccc(NC(=O)c2sc(-c3ncn[nH]3)nc2C)cc1C. The summed E-state index contributed by atoms with van der Waals surface area (Å²) in [6, 6.07) is 5.56. The topological polar surface area (TPSA) is 92.8 Å². The van der Waals surface area contributed by atoms with Gasteiger partial charge >= 0.3 is 0 Å². The Kier molecular flexibility index (Phi) is 4.57. The maximum atomic E-state index is 12.5. The van der Waals surface area contributed by atoms with E-state index in [0.717, 1.165) is 17.0 Å². The first kappa shape index (κ1) is 16.1. The molecule has 0 saturated heterocycles. The van der Waals surface area contributed by atoms with Crippen molar-refractivity contribution < 1.29 is 9.53 Å². The number of carbonyl (C=O) groups excluding carboxylic acids is 1. The second kappa shape index (κ2) is 6.79. The first-order valence-corrected chi connectivity index (χ1v) is 8.28. The molecule has 8 heteroatoms. The fourth-order valence-electron chi connectivity index (χ4n) is 2.25. The number of carbonyl (C=O) groups is 1. The number of benzene rings is 1. The quantitative estimate of drug-likeness (QED) is 0.742. The van der Waals surface area contributed by atoms with Crippen molar-refractivity contribution >= 4 is 22.9 Å². The van der Waals surface area contributed by atoms with Gasteiger partial charge < -0.3 is 10.1 Å². The van der Waals surface area contributed by atoms with E-state index in [2.05, 4.69) is 25.5 Å². The van der Waals surface area contributed by atoms with E-state index in [-0.39, 0.29) is 5.91 Å². The second-order valence-electron chi connectivity index (χ2n) is 5.14. The fraction of sp³-hybridized carbons (Fsp3) is 0.250. The van der Waals surface area contributed by atoms with Crippen molar-refractivity contribution in [1.29, 1.82) is 0 Å². The molecule has 0 radical (unpaired) electrons. The van der Waals surface area contributed by atoms with E-state index >= 15 is 0 Å². The molecule has 0 unspecified atom stereocenters. The van der Waals surface area contributed by atoms with Crippen molar-refractivity contribution in [2.24, 2.45) is 0 Å². The van der Waals surface area contributed by atoms with Crippen LogP contribution in [0.25, 0.3) is 10.8 Å². The molecule has 0 aliphatic carbocycles. The Labute approximate surface area is 143 Å². The summed E-state index contributed by atoms with van der Waals surface area (Å²) in [7, 11) is 0. The summed E-state index contributed by atoms with van der Waals surface area (Å²) in [6.07, 6.45) is 1.41. The van der Waals surface area contributed by atoms with Crippen LogP contribution in [-0.4, -0.2) is 32.7 Å². The standard InChI is InChI=1S/C16H17N5O2S/c1-4-23-12-6-5-11(7-9(12)2)20-15(22)13-10(3)19-16(24-13)14-17-8-18-21-14/h5-8H,4H2,1-3H3,(H,20,22)(H,17,18,21). The van der Waals surface area contributed by atoms with Crippen LogP contribution in [0, 0.1) is 13.8 Å². The van der Waals surface area contributed by atoms with Gasteiger partial charge in [0.15, 0.2) is 10.8 Å². The minimum absolute atomic E-state index is 0.195. The number of anilines is 1. The van der Waals surface area contributed by atoms with Gasteiger partial charge in [0.25, 0.3) is 5.91 Å². The molecule has 2 heterocycles. The largest absolute Gasteiger partial charge is 0.494 e. The molecule has 0 aliphatic rings. The minimum Gasteiger partial charge on any atom is -0.494 e. The highest BCUT2D eigenvalue weighted by atomic mass is 32.1. The van der Waals surface area contributed by atoms with Gasteiger partial charge in [0.2, 0.25) is 0 Å². The summed E-state index contributed by atoms with van der Waals surface area (Å²) in [5.74, 6) is 1.18. The summed E-state index contributed by atoms with van der Waals surface area (Å²) >= 11 is 1.28. The molecule has 2 aromatic heterocycles. The van der Waals surface area contributed by atoms with E-state index in [9.17, 15) is 4.79 Å². The average molecular weight is 343 g/mol. The van der Waals surface area contributed by atoms with Crippen LogP contribution in [0.4, 0.5) is 5.69 Å². The lowest BCUT2D eigenvalue weighted by atomic mass is 10.2. The van der Waals surface area contributed by atoms with Crippen molar-refractivity contribution in [3.63, 3.8) is 0 Å². The summed E-state index contributed by atoms with van der Waals surface area (Å²) in [4.78, 5) is 21.5. The van der Waals surface area contributed by atoms with Crippen molar-refractivity contribution in [1.82, 2.24) is 20.2 Å². The molecule has 3 aromatic rings. The monoisotopic (exact) mass is 343 g/mol. The maximum Gasteiger partial charge on any atom is 0.267 e. The Morgan fingerprint density at radius 1 is 1.38 bits per heavy atom. The van der Waals surface area contributed by atoms with Crippen molar-refractivity contribution in [3.8, 4) is 16.6 Å². The molecule has 7 nitrogen and oxygen atoms in total. The number of nitrogens with zero attached hydrogens (tertiary/aromatic N) is 3. The van der Waals surface area contributed by atoms with Crippen LogP contribution >= 0.6 is 11.3 Å². The molecule has 0 saturated carbocycles. The van der Waals surface area contributed by atoms with E-state index in [0.29, 0.717) is 28.0 Å². The average Bonchev–Trinajstić information content (AvgIpc) is 3.19. The van der Waals surface area contributed by atoms with Crippen LogP contribution < -0.4 is 10.1 Å². The molecule has 124 valence electrons. The lowest BCUT2D eigenvalue weighted by Crippen LogP contribution is -2.11. The van der Waals surface area contributed by atoms with Crippen molar-refractivity contribution in [3.05, 3.63) is 40.7 Å². The van der Waals surface area contributed by atoms with Gasteiger partial charge in [0.1, 0.15) is 17.0 Å². The Morgan fingerprint density at radius 2 is 2.21 bits per heavy atom. The third-order valence-corrected chi connectivity index (χ3v) is 4.52. The number of rotatable bonds is 5. The number of aryl methyl sites for hydroxylation is 2. The fourth-order valence-corrected chi connectivity index (χ4v) is 3.16. The smallest absolute Gasteiger partial charge is 0.267 e. The second-order valence-corrected chi connectivity index (χ2v) is 6.13. The zero-order valence-corrected chi connectivity index (χ0v) is 14.4. The number of hydrogen-bond acceptors (Lipinski definition) is 6. The molecule has 0 fully saturated rings. The molecule has 24 heavy (non-hydrogen) atoms. The molecular formula is C16H17N5O2S. The molecule has 0 aliphatic heterocycles. The highest BCUT2D eigenvalue weighted by molar-refractivity contribution is 7.17. The van der Waals surface area contributed by atoms with Gasteiger partial charge in [0.05, 0.1) is 12.3 Å². The Morgan fingerprint density at radius 3 is 2.88 bits per heavy atom. The molecule has 1 amide bonds. The van der Waals surface area contributed by atoms with E-state index in [4.69, 9.17) is 4.74 Å². The molecular weight excluding hydrogens is 326 g/mol. The Bertz CT molecular complexity index is 857. The van der Waals surface area contributed by atoms with Gasteiger partial charge in [-0.3, -0.25) is 9.89 Å². The summed E-state index contributed by atoms with van der Waals surface area (Å²) in [6.45, 7) is 6.29. The molecule has 0 bridgehead atoms. The molecule has 2 N–H and O–H groups in total. The van der Waals surface area contributed by atoms with Crippen molar-refractivity contribution in [2.45, 2.75) is 20.8 Å². The van der Waals surface area contributed by atoms with E-state index in [1.54, 1.807) is 6.92 Å². The van der Waals surface area contributed by atoms with Gasteiger partial charge in [-0.1, -0.05) is 0 Å². The van der Waals surface area contributed by atoms with Crippen LogP contribution in [0.5, 0.6) is 5.75 Å². The summed E-state index contributed by atoms with van der Waals surface area (Å²) in [5.41, 5.74) is 2.35. The summed E-state index contributed by atoms with van der Waals surface area (Å²) in [5, 5.41) is 10.1. The third-order valence-electron chi connectivity index (χ3n) is 3.35. The Hall–Kier alpha value is -2.74. The number of aromatic nitrogens is 4. The molecule has 0 atom stereocenters. The number of thiazole rings is 1. The van der Waals surface area contributed by atoms with E-state index in [1.807, 2.05) is 32.0 Å². The minimum atomic E-state index is -0.195. The molecule has 3 rings (SSSR count). The first-order chi connectivity index (χ1) is 11.6. The highest BCUT2D eigenvalue weighted by Crippen LogP contribution is 2.27. The van der Waals surface area contributed by atoms with Gasteiger partial charge in [0, 0.05) is 5.69 Å². The highest BCUT2D eigenvalue weighted by Gasteiger charge is 2.18. The van der Waals surface area contributed by atoms with Gasteiger partial charge in [-0.2, -0.15) is 5.10 Å². The number of amides is 1. The maximum absolute atomic E-state index is 12.5. The predicted molar refractivity (Wildman–Crippen MR) is 92.5 cm³/mol.